The van der Waals surface area contributed by atoms with Crippen LogP contribution in [0.3, 0.4) is 0 Å². The van der Waals surface area contributed by atoms with Gasteiger partial charge in [-0.1, -0.05) is 6.07 Å². The maximum atomic E-state index is 14.2. The Labute approximate surface area is 137 Å². The van der Waals surface area contributed by atoms with E-state index < -0.39 is 0 Å². The lowest BCUT2D eigenvalue weighted by Crippen LogP contribution is -2.38. The van der Waals surface area contributed by atoms with Gasteiger partial charge in [-0.15, -0.1) is 0 Å². The second-order valence-electron chi connectivity index (χ2n) is 5.75. The van der Waals surface area contributed by atoms with E-state index in [0.717, 1.165) is 31.7 Å². The van der Waals surface area contributed by atoms with Crippen LogP contribution in [0.2, 0.25) is 0 Å². The van der Waals surface area contributed by atoms with Crippen LogP contribution in [0.1, 0.15) is 25.8 Å². The quantitative estimate of drug-likeness (QED) is 0.811. The molecule has 1 unspecified atom stereocenters. The zero-order valence-electron chi connectivity index (χ0n) is 13.9. The van der Waals surface area contributed by atoms with Gasteiger partial charge in [-0.3, -0.25) is 0 Å². The van der Waals surface area contributed by atoms with Crippen LogP contribution in [-0.4, -0.2) is 38.9 Å². The molecule has 0 aromatic heterocycles. The van der Waals surface area contributed by atoms with Gasteiger partial charge in [0.1, 0.15) is 5.82 Å². The number of hydrogen-bond donors (Lipinski definition) is 2. The summed E-state index contributed by atoms with van der Waals surface area (Å²) in [5.41, 5.74) is 1.35. The van der Waals surface area contributed by atoms with Gasteiger partial charge >= 0.3 is 6.03 Å². The number of halogens is 1. The first kappa shape index (κ1) is 17.5. The topological polar surface area (TPSA) is 53.6 Å². The molecule has 1 saturated heterocycles. The van der Waals surface area contributed by atoms with E-state index in [1.165, 1.54) is 6.07 Å². The first-order valence-electron chi connectivity index (χ1n) is 8.26. The van der Waals surface area contributed by atoms with Crippen molar-refractivity contribution in [2.75, 3.05) is 37.7 Å². The van der Waals surface area contributed by atoms with Crippen molar-refractivity contribution in [3.8, 4) is 0 Å². The third kappa shape index (κ3) is 5.10. The molecule has 23 heavy (non-hydrogen) atoms. The molecular formula is C17H26FN3O2. The van der Waals surface area contributed by atoms with Gasteiger partial charge < -0.3 is 20.3 Å². The van der Waals surface area contributed by atoms with Crippen molar-refractivity contribution < 1.29 is 13.9 Å². The number of rotatable bonds is 7. The maximum absolute atomic E-state index is 14.2. The summed E-state index contributed by atoms with van der Waals surface area (Å²) in [4.78, 5) is 13.7. The highest BCUT2D eigenvalue weighted by Gasteiger charge is 2.16. The zero-order valence-corrected chi connectivity index (χ0v) is 13.9. The van der Waals surface area contributed by atoms with Crippen molar-refractivity contribution in [2.45, 2.75) is 26.8 Å². The van der Waals surface area contributed by atoms with Gasteiger partial charge in [-0.25, -0.2) is 9.18 Å². The van der Waals surface area contributed by atoms with Crippen LogP contribution in [0.25, 0.3) is 0 Å². The highest BCUT2D eigenvalue weighted by atomic mass is 19.1. The van der Waals surface area contributed by atoms with Gasteiger partial charge in [-0.2, -0.15) is 0 Å². The van der Waals surface area contributed by atoms with Gasteiger partial charge in [0.2, 0.25) is 0 Å². The van der Waals surface area contributed by atoms with Crippen LogP contribution in [0.4, 0.5) is 14.9 Å². The lowest BCUT2D eigenvalue weighted by atomic mass is 10.1. The molecule has 1 aliphatic rings. The SMILES string of the molecule is CCN(CC)c1ccc(CNC(=O)NCC2CCOC2)cc1F. The Morgan fingerprint density at radius 3 is 2.74 bits per heavy atom. The second kappa shape index (κ2) is 8.72. The summed E-state index contributed by atoms with van der Waals surface area (Å²) in [5.74, 6) is 0.142. The minimum atomic E-state index is -0.253. The van der Waals surface area contributed by atoms with E-state index in [1.807, 2.05) is 24.8 Å². The minimum Gasteiger partial charge on any atom is -0.381 e. The van der Waals surface area contributed by atoms with Crippen LogP contribution >= 0.6 is 0 Å². The molecule has 0 radical (unpaired) electrons. The van der Waals surface area contributed by atoms with Crippen LogP contribution in [0.15, 0.2) is 18.2 Å². The van der Waals surface area contributed by atoms with Crippen molar-refractivity contribution in [1.29, 1.82) is 0 Å². The number of nitrogens with one attached hydrogen (secondary N) is 2. The monoisotopic (exact) mass is 323 g/mol. The summed E-state index contributed by atoms with van der Waals surface area (Å²) in [6.45, 7) is 7.92. The third-order valence-corrected chi connectivity index (χ3v) is 4.14. The van der Waals surface area contributed by atoms with E-state index in [9.17, 15) is 9.18 Å². The maximum Gasteiger partial charge on any atom is 0.315 e. The van der Waals surface area contributed by atoms with E-state index in [-0.39, 0.29) is 11.8 Å². The Morgan fingerprint density at radius 2 is 2.13 bits per heavy atom. The molecule has 0 aliphatic carbocycles. The fraction of sp³-hybridized carbons (Fsp3) is 0.588. The van der Waals surface area contributed by atoms with Crippen molar-refractivity contribution in [1.82, 2.24) is 10.6 Å². The molecule has 2 rings (SSSR count). The number of carbonyl (C=O) groups excluding carboxylic acids is 1. The molecule has 2 amide bonds. The fourth-order valence-electron chi connectivity index (χ4n) is 2.71. The summed E-state index contributed by atoms with van der Waals surface area (Å²) in [6.07, 6.45) is 0.984. The Kier molecular flexibility index (Phi) is 6.65. The van der Waals surface area contributed by atoms with Gasteiger partial charge in [-0.05, 0) is 38.0 Å². The van der Waals surface area contributed by atoms with Crippen LogP contribution in [-0.2, 0) is 11.3 Å². The number of amides is 2. The summed E-state index contributed by atoms with van der Waals surface area (Å²) < 4.78 is 19.4. The lowest BCUT2D eigenvalue weighted by Gasteiger charge is -2.22. The normalized spacial score (nSPS) is 17.1. The van der Waals surface area contributed by atoms with Crippen molar-refractivity contribution in [3.63, 3.8) is 0 Å². The summed E-state index contributed by atoms with van der Waals surface area (Å²) in [7, 11) is 0. The van der Waals surface area contributed by atoms with Crippen molar-refractivity contribution >= 4 is 11.7 Å². The molecule has 1 fully saturated rings. The number of urea groups is 1. The number of carbonyl (C=O) groups is 1. The highest BCUT2D eigenvalue weighted by molar-refractivity contribution is 5.73. The Bertz CT molecular complexity index is 515. The van der Waals surface area contributed by atoms with Crippen LogP contribution in [0.5, 0.6) is 0 Å². The van der Waals surface area contributed by atoms with E-state index in [4.69, 9.17) is 4.74 Å². The molecule has 0 bridgehead atoms. The van der Waals surface area contributed by atoms with E-state index >= 15 is 0 Å². The highest BCUT2D eigenvalue weighted by Crippen LogP contribution is 2.20. The van der Waals surface area contributed by atoms with Crippen molar-refractivity contribution in [2.24, 2.45) is 5.92 Å². The molecule has 6 heteroatoms. The molecule has 1 atom stereocenters. The van der Waals surface area contributed by atoms with Gasteiger partial charge in [0.05, 0.1) is 12.3 Å². The van der Waals surface area contributed by atoms with E-state index in [0.29, 0.717) is 31.3 Å². The molecule has 0 saturated carbocycles. The largest absolute Gasteiger partial charge is 0.381 e. The van der Waals surface area contributed by atoms with Crippen LogP contribution < -0.4 is 15.5 Å². The first-order chi connectivity index (χ1) is 11.1. The van der Waals surface area contributed by atoms with Crippen molar-refractivity contribution in [3.05, 3.63) is 29.6 Å². The smallest absolute Gasteiger partial charge is 0.315 e. The summed E-state index contributed by atoms with van der Waals surface area (Å²) in [6, 6.07) is 4.87. The van der Waals surface area contributed by atoms with Gasteiger partial charge in [0.15, 0.2) is 0 Å². The van der Waals surface area contributed by atoms with Gasteiger partial charge in [0.25, 0.3) is 0 Å². The molecule has 0 spiro atoms. The molecule has 1 aliphatic heterocycles. The second-order valence-corrected chi connectivity index (χ2v) is 5.75. The summed E-state index contributed by atoms with van der Waals surface area (Å²) in [5, 5.41) is 5.58. The molecular weight excluding hydrogens is 297 g/mol. The van der Waals surface area contributed by atoms with Gasteiger partial charge in [0, 0.05) is 38.7 Å². The Balaban J connectivity index is 1.80. The van der Waals surface area contributed by atoms with E-state index in [2.05, 4.69) is 10.6 Å². The molecule has 1 aromatic carbocycles. The number of anilines is 1. The average Bonchev–Trinajstić information content (AvgIpc) is 3.07. The molecule has 2 N–H and O–H groups in total. The molecule has 5 nitrogen and oxygen atoms in total. The number of hydrogen-bond acceptors (Lipinski definition) is 3. The third-order valence-electron chi connectivity index (χ3n) is 4.14. The average molecular weight is 323 g/mol. The zero-order chi connectivity index (χ0) is 16.7. The number of ether oxygens (including phenoxy) is 1. The van der Waals surface area contributed by atoms with Crippen LogP contribution in [0, 0.1) is 11.7 Å². The summed E-state index contributed by atoms with van der Waals surface area (Å²) >= 11 is 0. The standard InChI is InChI=1S/C17H26FN3O2/c1-3-21(4-2)16-6-5-13(9-15(16)18)10-19-17(22)20-11-14-7-8-23-12-14/h5-6,9,14H,3-4,7-8,10-12H2,1-2H3,(H2,19,20,22). The predicted molar refractivity (Wildman–Crippen MR) is 89.1 cm³/mol. The first-order valence-corrected chi connectivity index (χ1v) is 8.26. The number of nitrogens with zero attached hydrogens (tertiary/aromatic N) is 1. The number of benzene rings is 1. The molecule has 1 aromatic rings. The molecule has 1 heterocycles. The Hall–Kier alpha value is -1.82. The molecule has 128 valence electrons. The lowest BCUT2D eigenvalue weighted by molar-refractivity contribution is 0.185. The van der Waals surface area contributed by atoms with E-state index in [1.54, 1.807) is 6.07 Å². The predicted octanol–water partition coefficient (Wildman–Crippen LogP) is 2.51. The fourth-order valence-corrected chi connectivity index (χ4v) is 2.71. The Morgan fingerprint density at radius 1 is 1.35 bits per heavy atom. The minimum absolute atomic E-state index is 0.231.